The summed E-state index contributed by atoms with van der Waals surface area (Å²) in [5.41, 5.74) is 8.64. The Morgan fingerprint density at radius 1 is 1.00 bits per heavy atom. The summed E-state index contributed by atoms with van der Waals surface area (Å²) in [6.45, 7) is 5.79. The number of rotatable bonds is 8. The highest BCUT2D eigenvalue weighted by atomic mass is 16.5. The third-order valence-electron chi connectivity index (χ3n) is 4.41. The molecule has 2 heteroatoms. The van der Waals surface area contributed by atoms with Crippen LogP contribution in [-0.2, 0) is 11.8 Å². The predicted octanol–water partition coefficient (Wildman–Crippen LogP) is 4.32. The standard InChI is InChI=1S/C20H27NO/c1-3-17-10-7-8-13-19(17)22-15-9-14-20(2,16-21)18-11-5-4-6-12-18/h4-8,10-13H,3,9,14-16,21H2,1-2H3. The van der Waals surface area contributed by atoms with Gasteiger partial charge in [-0.2, -0.15) is 0 Å². The molecule has 0 fully saturated rings. The van der Waals surface area contributed by atoms with Gasteiger partial charge in [-0.25, -0.2) is 0 Å². The second-order valence-corrected chi connectivity index (χ2v) is 6.04. The Labute approximate surface area is 134 Å². The second-order valence-electron chi connectivity index (χ2n) is 6.04. The van der Waals surface area contributed by atoms with E-state index in [9.17, 15) is 0 Å². The topological polar surface area (TPSA) is 35.2 Å². The smallest absolute Gasteiger partial charge is 0.122 e. The van der Waals surface area contributed by atoms with E-state index in [-0.39, 0.29) is 5.41 Å². The van der Waals surface area contributed by atoms with Crippen LogP contribution in [0.4, 0.5) is 0 Å². The Morgan fingerprint density at radius 3 is 2.36 bits per heavy atom. The highest BCUT2D eigenvalue weighted by molar-refractivity contribution is 5.33. The van der Waals surface area contributed by atoms with Crippen LogP contribution in [0, 0.1) is 0 Å². The summed E-state index contributed by atoms with van der Waals surface area (Å²) < 4.78 is 5.96. The van der Waals surface area contributed by atoms with Gasteiger partial charge in [0, 0.05) is 12.0 Å². The second kappa shape index (κ2) is 8.00. The first-order valence-electron chi connectivity index (χ1n) is 8.16. The zero-order valence-electron chi connectivity index (χ0n) is 13.7. The van der Waals surface area contributed by atoms with Crippen molar-refractivity contribution in [3.05, 3.63) is 65.7 Å². The van der Waals surface area contributed by atoms with E-state index in [1.54, 1.807) is 0 Å². The van der Waals surface area contributed by atoms with E-state index in [1.807, 2.05) is 12.1 Å². The zero-order valence-corrected chi connectivity index (χ0v) is 13.7. The Bertz CT molecular complexity index is 567. The molecule has 0 saturated heterocycles. The van der Waals surface area contributed by atoms with E-state index in [4.69, 9.17) is 10.5 Å². The maximum absolute atomic E-state index is 6.04. The molecule has 0 amide bonds. The summed E-state index contributed by atoms with van der Waals surface area (Å²) in [6.07, 6.45) is 3.03. The molecule has 0 heterocycles. The average Bonchev–Trinajstić information content (AvgIpc) is 2.59. The first kappa shape index (κ1) is 16.6. The number of hydrogen-bond acceptors (Lipinski definition) is 2. The van der Waals surface area contributed by atoms with Gasteiger partial charge < -0.3 is 10.5 Å². The summed E-state index contributed by atoms with van der Waals surface area (Å²) in [6, 6.07) is 18.8. The van der Waals surface area contributed by atoms with Crippen molar-refractivity contribution in [2.24, 2.45) is 5.73 Å². The number of nitrogens with two attached hydrogens (primary N) is 1. The summed E-state index contributed by atoms with van der Waals surface area (Å²) >= 11 is 0. The van der Waals surface area contributed by atoms with Crippen LogP contribution in [0.3, 0.4) is 0 Å². The number of ether oxygens (including phenoxy) is 1. The molecule has 22 heavy (non-hydrogen) atoms. The van der Waals surface area contributed by atoms with Gasteiger partial charge in [0.2, 0.25) is 0 Å². The van der Waals surface area contributed by atoms with Crippen molar-refractivity contribution in [1.29, 1.82) is 0 Å². The molecule has 1 unspecified atom stereocenters. The Balaban J connectivity index is 1.89. The van der Waals surface area contributed by atoms with Crippen LogP contribution < -0.4 is 10.5 Å². The number of aryl methyl sites for hydroxylation is 1. The monoisotopic (exact) mass is 297 g/mol. The van der Waals surface area contributed by atoms with Crippen LogP contribution in [0.1, 0.15) is 37.8 Å². The van der Waals surface area contributed by atoms with Crippen LogP contribution in [0.25, 0.3) is 0 Å². The molecule has 0 spiro atoms. The molecule has 0 aliphatic carbocycles. The van der Waals surface area contributed by atoms with Crippen molar-refractivity contribution in [3.63, 3.8) is 0 Å². The third kappa shape index (κ3) is 4.11. The van der Waals surface area contributed by atoms with Crippen molar-refractivity contribution in [3.8, 4) is 5.75 Å². The van der Waals surface area contributed by atoms with Crippen LogP contribution >= 0.6 is 0 Å². The van der Waals surface area contributed by atoms with Gasteiger partial charge in [-0.3, -0.25) is 0 Å². The summed E-state index contributed by atoms with van der Waals surface area (Å²) in [7, 11) is 0. The Hall–Kier alpha value is -1.80. The van der Waals surface area contributed by atoms with E-state index < -0.39 is 0 Å². The van der Waals surface area contributed by atoms with Gasteiger partial charge in [0.05, 0.1) is 6.61 Å². The zero-order chi connectivity index (χ0) is 15.8. The molecule has 118 valence electrons. The fourth-order valence-electron chi connectivity index (χ4n) is 2.79. The van der Waals surface area contributed by atoms with Gasteiger partial charge in [0.25, 0.3) is 0 Å². The van der Waals surface area contributed by atoms with E-state index in [2.05, 4.69) is 56.3 Å². The summed E-state index contributed by atoms with van der Waals surface area (Å²) in [4.78, 5) is 0. The lowest BCUT2D eigenvalue weighted by Gasteiger charge is -2.28. The van der Waals surface area contributed by atoms with Crippen molar-refractivity contribution >= 4 is 0 Å². The number of hydrogen-bond donors (Lipinski definition) is 1. The minimum Gasteiger partial charge on any atom is -0.493 e. The van der Waals surface area contributed by atoms with Gasteiger partial charge in [0.1, 0.15) is 5.75 Å². The lowest BCUT2D eigenvalue weighted by molar-refractivity contribution is 0.283. The maximum atomic E-state index is 6.04. The fourth-order valence-corrected chi connectivity index (χ4v) is 2.79. The molecule has 2 aromatic rings. The molecular weight excluding hydrogens is 270 g/mol. The van der Waals surface area contributed by atoms with Crippen molar-refractivity contribution in [2.75, 3.05) is 13.2 Å². The fraction of sp³-hybridized carbons (Fsp3) is 0.400. The normalized spacial score (nSPS) is 13.6. The van der Waals surface area contributed by atoms with E-state index in [0.29, 0.717) is 6.54 Å². The first-order valence-corrected chi connectivity index (χ1v) is 8.16. The summed E-state index contributed by atoms with van der Waals surface area (Å²) in [5.74, 6) is 1.01. The lowest BCUT2D eigenvalue weighted by atomic mass is 9.79. The SMILES string of the molecule is CCc1ccccc1OCCCC(C)(CN)c1ccccc1. The number of benzene rings is 2. The quantitative estimate of drug-likeness (QED) is 0.736. The average molecular weight is 297 g/mol. The highest BCUT2D eigenvalue weighted by Crippen LogP contribution is 2.28. The molecule has 0 saturated carbocycles. The van der Waals surface area contributed by atoms with E-state index >= 15 is 0 Å². The predicted molar refractivity (Wildman–Crippen MR) is 93.4 cm³/mol. The molecule has 0 aliphatic rings. The minimum atomic E-state index is 0.0227. The molecule has 0 aliphatic heterocycles. The van der Waals surface area contributed by atoms with Crippen LogP contribution in [-0.4, -0.2) is 13.2 Å². The molecular formula is C20H27NO. The highest BCUT2D eigenvalue weighted by Gasteiger charge is 2.24. The molecule has 0 bridgehead atoms. The molecule has 1 atom stereocenters. The van der Waals surface area contributed by atoms with Gasteiger partial charge >= 0.3 is 0 Å². The molecule has 2 N–H and O–H groups in total. The van der Waals surface area contributed by atoms with Crippen molar-refractivity contribution < 1.29 is 4.74 Å². The molecule has 0 aromatic heterocycles. The Morgan fingerprint density at radius 2 is 1.68 bits per heavy atom. The minimum absolute atomic E-state index is 0.0227. The largest absolute Gasteiger partial charge is 0.493 e. The van der Waals surface area contributed by atoms with Gasteiger partial charge in [0.15, 0.2) is 0 Å². The van der Waals surface area contributed by atoms with E-state index in [1.165, 1.54) is 11.1 Å². The van der Waals surface area contributed by atoms with Crippen LogP contribution in [0.15, 0.2) is 54.6 Å². The van der Waals surface area contributed by atoms with Crippen molar-refractivity contribution in [2.45, 2.75) is 38.5 Å². The first-order chi connectivity index (χ1) is 10.7. The van der Waals surface area contributed by atoms with Crippen LogP contribution in [0.5, 0.6) is 5.75 Å². The van der Waals surface area contributed by atoms with Crippen LogP contribution in [0.2, 0.25) is 0 Å². The third-order valence-corrected chi connectivity index (χ3v) is 4.41. The molecule has 2 rings (SSSR count). The Kier molecular flexibility index (Phi) is 6.02. The molecule has 2 nitrogen and oxygen atoms in total. The maximum Gasteiger partial charge on any atom is 0.122 e. The molecule has 2 aromatic carbocycles. The molecule has 0 radical (unpaired) electrons. The van der Waals surface area contributed by atoms with Crippen molar-refractivity contribution in [1.82, 2.24) is 0 Å². The van der Waals surface area contributed by atoms with Gasteiger partial charge in [-0.05, 0) is 36.5 Å². The summed E-state index contributed by atoms with van der Waals surface area (Å²) in [5, 5.41) is 0. The lowest BCUT2D eigenvalue weighted by Crippen LogP contribution is -2.32. The van der Waals surface area contributed by atoms with Gasteiger partial charge in [-0.1, -0.05) is 62.4 Å². The van der Waals surface area contributed by atoms with Gasteiger partial charge in [-0.15, -0.1) is 0 Å². The number of para-hydroxylation sites is 1. The van der Waals surface area contributed by atoms with E-state index in [0.717, 1.165) is 31.6 Å².